The highest BCUT2D eigenvalue weighted by Gasteiger charge is 2.20. The molecule has 0 saturated heterocycles. The first kappa shape index (κ1) is 14.5. The van der Waals surface area contributed by atoms with Crippen LogP contribution in [0.4, 0.5) is 5.69 Å². The molecule has 1 aromatic heterocycles. The molecule has 0 unspecified atom stereocenters. The molecule has 8 heteroatoms. The maximum atomic E-state index is 12.0. The van der Waals surface area contributed by atoms with Crippen LogP contribution in [-0.2, 0) is 0 Å². The average molecular weight is 359 g/mol. The number of nitrogens with one attached hydrogen (secondary N) is 2. The Morgan fingerprint density at radius 1 is 1.45 bits per heavy atom. The number of anilines is 1. The summed E-state index contributed by atoms with van der Waals surface area (Å²) in [5, 5.41) is 12.0. The Bertz CT molecular complexity index is 699. The van der Waals surface area contributed by atoms with E-state index in [-0.39, 0.29) is 11.4 Å². The number of benzene rings is 1. The molecule has 104 valence electrons. The fraction of sp³-hybridized carbons (Fsp3) is 0.0833. The number of aryl methyl sites for hydroxylation is 1. The Labute approximate surface area is 127 Å². The molecular weight excluding hydrogens is 350 g/mol. The summed E-state index contributed by atoms with van der Waals surface area (Å²) in [6.07, 6.45) is 1.15. The average Bonchev–Trinajstić information content (AvgIpc) is 2.85. The Morgan fingerprint density at radius 2 is 2.15 bits per heavy atom. The molecule has 1 aromatic carbocycles. The van der Waals surface area contributed by atoms with Crippen LogP contribution in [0.25, 0.3) is 0 Å². The van der Waals surface area contributed by atoms with Crippen molar-refractivity contribution in [1.29, 1.82) is 0 Å². The molecule has 0 aliphatic rings. The summed E-state index contributed by atoms with van der Waals surface area (Å²) in [7, 11) is 0. The minimum Gasteiger partial charge on any atom is -0.477 e. The van der Waals surface area contributed by atoms with Crippen molar-refractivity contribution in [2.24, 2.45) is 0 Å². The number of amides is 1. The number of H-pyrrole nitrogens is 1. The highest BCUT2D eigenvalue weighted by Crippen LogP contribution is 2.29. The van der Waals surface area contributed by atoms with E-state index in [1.54, 1.807) is 12.1 Å². The van der Waals surface area contributed by atoms with Gasteiger partial charge in [-0.1, -0.05) is 11.6 Å². The molecule has 0 aliphatic carbocycles. The van der Waals surface area contributed by atoms with E-state index >= 15 is 0 Å². The molecule has 6 nitrogen and oxygen atoms in total. The van der Waals surface area contributed by atoms with E-state index < -0.39 is 11.9 Å². The molecule has 0 bridgehead atoms. The van der Waals surface area contributed by atoms with Crippen LogP contribution in [0.15, 0.2) is 22.9 Å². The summed E-state index contributed by atoms with van der Waals surface area (Å²) in [4.78, 5) is 29.1. The van der Waals surface area contributed by atoms with Gasteiger partial charge in [-0.05, 0) is 40.5 Å². The van der Waals surface area contributed by atoms with Gasteiger partial charge in [-0.3, -0.25) is 4.79 Å². The van der Waals surface area contributed by atoms with Crippen LogP contribution < -0.4 is 5.32 Å². The number of hydrogen-bond acceptors (Lipinski definition) is 3. The fourth-order valence-corrected chi connectivity index (χ4v) is 2.27. The van der Waals surface area contributed by atoms with Crippen molar-refractivity contribution in [1.82, 2.24) is 9.97 Å². The van der Waals surface area contributed by atoms with Gasteiger partial charge >= 0.3 is 5.97 Å². The molecule has 2 aromatic rings. The number of rotatable bonds is 3. The number of aromatic carboxylic acids is 1. The van der Waals surface area contributed by atoms with Crippen molar-refractivity contribution in [2.75, 3.05) is 5.32 Å². The molecular formula is C12H9BrClN3O3. The highest BCUT2D eigenvalue weighted by molar-refractivity contribution is 9.10. The molecule has 20 heavy (non-hydrogen) atoms. The first-order valence-corrected chi connectivity index (χ1v) is 6.61. The molecule has 0 spiro atoms. The van der Waals surface area contributed by atoms with E-state index in [1.807, 2.05) is 6.92 Å². The SMILES string of the molecule is Cc1cc(Br)c(NC(=O)c2nc[nH]c2C(=O)O)cc1Cl. The van der Waals surface area contributed by atoms with E-state index in [4.69, 9.17) is 16.7 Å². The van der Waals surface area contributed by atoms with E-state index in [0.29, 0.717) is 15.2 Å². The first-order chi connectivity index (χ1) is 9.40. The lowest BCUT2D eigenvalue weighted by molar-refractivity contribution is 0.0686. The van der Waals surface area contributed by atoms with Gasteiger partial charge in [-0.15, -0.1) is 0 Å². The summed E-state index contributed by atoms with van der Waals surface area (Å²) in [5.74, 6) is -1.89. The highest BCUT2D eigenvalue weighted by atomic mass is 79.9. The van der Waals surface area contributed by atoms with Gasteiger partial charge in [0.15, 0.2) is 11.4 Å². The van der Waals surface area contributed by atoms with Gasteiger partial charge in [0, 0.05) is 9.50 Å². The summed E-state index contributed by atoms with van der Waals surface area (Å²) in [6, 6.07) is 3.33. The second-order valence-corrected chi connectivity index (χ2v) is 5.23. The maximum Gasteiger partial charge on any atom is 0.354 e. The number of carboxylic acids is 1. The molecule has 0 atom stereocenters. The monoisotopic (exact) mass is 357 g/mol. The topological polar surface area (TPSA) is 95.1 Å². The Balaban J connectivity index is 2.30. The summed E-state index contributed by atoms with van der Waals surface area (Å²) >= 11 is 9.29. The lowest BCUT2D eigenvalue weighted by Gasteiger charge is -2.08. The van der Waals surface area contributed by atoms with Crippen molar-refractivity contribution in [2.45, 2.75) is 6.92 Å². The zero-order valence-electron chi connectivity index (χ0n) is 10.2. The molecule has 0 radical (unpaired) electrons. The number of carbonyl (C=O) groups excluding carboxylic acids is 1. The Kier molecular flexibility index (Phi) is 4.10. The number of aromatic amines is 1. The third-order valence-corrected chi connectivity index (χ3v) is 3.63. The summed E-state index contributed by atoms with van der Waals surface area (Å²) < 4.78 is 0.639. The number of carboxylic acid groups (broad SMARTS) is 1. The number of nitrogens with zero attached hydrogens (tertiary/aromatic N) is 1. The van der Waals surface area contributed by atoms with E-state index in [0.717, 1.165) is 11.9 Å². The van der Waals surface area contributed by atoms with Crippen LogP contribution in [0.1, 0.15) is 26.5 Å². The predicted molar refractivity (Wildman–Crippen MR) is 77.4 cm³/mol. The lowest BCUT2D eigenvalue weighted by Crippen LogP contribution is -2.16. The minimum absolute atomic E-state index is 0.193. The van der Waals surface area contributed by atoms with Gasteiger partial charge in [-0.25, -0.2) is 9.78 Å². The summed E-state index contributed by atoms with van der Waals surface area (Å²) in [6.45, 7) is 1.83. The van der Waals surface area contributed by atoms with Crippen LogP contribution >= 0.6 is 27.5 Å². The molecule has 1 amide bonds. The number of halogens is 2. The van der Waals surface area contributed by atoms with Crippen LogP contribution in [-0.4, -0.2) is 27.0 Å². The Hall–Kier alpha value is -1.86. The molecule has 3 N–H and O–H groups in total. The van der Waals surface area contributed by atoms with Crippen molar-refractivity contribution < 1.29 is 14.7 Å². The van der Waals surface area contributed by atoms with Gasteiger partial charge in [0.25, 0.3) is 5.91 Å². The van der Waals surface area contributed by atoms with E-state index in [9.17, 15) is 9.59 Å². The van der Waals surface area contributed by atoms with Crippen molar-refractivity contribution >= 4 is 45.1 Å². The van der Waals surface area contributed by atoms with Gasteiger partial charge in [0.1, 0.15) is 0 Å². The van der Waals surface area contributed by atoms with Crippen LogP contribution in [0, 0.1) is 6.92 Å². The van der Waals surface area contributed by atoms with Gasteiger partial charge in [-0.2, -0.15) is 0 Å². The lowest BCUT2D eigenvalue weighted by atomic mass is 10.2. The van der Waals surface area contributed by atoms with Crippen LogP contribution in [0.5, 0.6) is 0 Å². The predicted octanol–water partition coefficient (Wildman–Crippen LogP) is 3.08. The zero-order chi connectivity index (χ0) is 14.9. The minimum atomic E-state index is -1.26. The third-order valence-electron chi connectivity index (χ3n) is 2.56. The smallest absolute Gasteiger partial charge is 0.354 e. The number of aromatic nitrogens is 2. The van der Waals surface area contributed by atoms with Crippen molar-refractivity contribution in [3.05, 3.63) is 44.9 Å². The van der Waals surface area contributed by atoms with E-state index in [2.05, 4.69) is 31.2 Å². The largest absolute Gasteiger partial charge is 0.477 e. The maximum absolute atomic E-state index is 12.0. The molecule has 1 heterocycles. The Morgan fingerprint density at radius 3 is 2.80 bits per heavy atom. The van der Waals surface area contributed by atoms with Gasteiger partial charge in [0.05, 0.1) is 12.0 Å². The van der Waals surface area contributed by atoms with Crippen LogP contribution in [0.3, 0.4) is 0 Å². The van der Waals surface area contributed by atoms with E-state index in [1.165, 1.54) is 0 Å². The zero-order valence-corrected chi connectivity index (χ0v) is 12.5. The second kappa shape index (κ2) is 5.64. The molecule has 0 aliphatic heterocycles. The number of hydrogen-bond donors (Lipinski definition) is 3. The van der Waals surface area contributed by atoms with Crippen LogP contribution in [0.2, 0.25) is 5.02 Å². The van der Waals surface area contributed by atoms with Gasteiger partial charge < -0.3 is 15.4 Å². The summed E-state index contributed by atoms with van der Waals surface area (Å²) in [5.41, 5.74) is 0.824. The fourth-order valence-electron chi connectivity index (χ4n) is 1.55. The number of carbonyl (C=O) groups is 2. The normalized spacial score (nSPS) is 10.3. The second-order valence-electron chi connectivity index (χ2n) is 3.97. The molecule has 2 rings (SSSR count). The third kappa shape index (κ3) is 2.83. The first-order valence-electron chi connectivity index (χ1n) is 5.44. The number of imidazole rings is 1. The van der Waals surface area contributed by atoms with Gasteiger partial charge in [0.2, 0.25) is 0 Å². The standard InChI is InChI=1S/C12H9BrClN3O3/c1-5-2-6(13)8(3-7(5)14)17-11(18)9-10(12(19)20)16-4-15-9/h2-4H,1H3,(H,15,16)(H,17,18)(H,19,20). The van der Waals surface area contributed by atoms with Crippen molar-refractivity contribution in [3.8, 4) is 0 Å². The quantitative estimate of drug-likeness (QED) is 0.785. The molecule has 0 fully saturated rings. The van der Waals surface area contributed by atoms with Crippen molar-refractivity contribution in [3.63, 3.8) is 0 Å². The molecule has 0 saturated carbocycles.